The van der Waals surface area contributed by atoms with Crippen LogP contribution in [-0.4, -0.2) is 34.3 Å². The highest BCUT2D eigenvalue weighted by Crippen LogP contribution is 2.39. The van der Waals surface area contributed by atoms with Gasteiger partial charge in [-0.3, -0.25) is 9.89 Å². The van der Waals surface area contributed by atoms with Crippen LogP contribution in [-0.2, 0) is 9.53 Å². The molecular weight excluding hydrogens is 322 g/mol. The maximum atomic E-state index is 12.0. The first-order valence-corrected chi connectivity index (χ1v) is 8.69. The van der Waals surface area contributed by atoms with E-state index < -0.39 is 0 Å². The number of anilines is 1. The van der Waals surface area contributed by atoms with Gasteiger partial charge >= 0.3 is 6.09 Å². The van der Waals surface area contributed by atoms with E-state index >= 15 is 0 Å². The van der Waals surface area contributed by atoms with E-state index in [9.17, 15) is 9.59 Å². The summed E-state index contributed by atoms with van der Waals surface area (Å²) in [6.07, 6.45) is 2.58. The van der Waals surface area contributed by atoms with Crippen molar-refractivity contribution in [3.63, 3.8) is 0 Å². The zero-order chi connectivity index (χ0) is 18.0. The number of alkyl carbamates (subject to hydrolysis) is 1. The van der Waals surface area contributed by atoms with Crippen LogP contribution in [0.25, 0.3) is 0 Å². The van der Waals surface area contributed by atoms with E-state index in [4.69, 9.17) is 10.00 Å². The number of amides is 2. The van der Waals surface area contributed by atoms with Gasteiger partial charge in [0.25, 0.3) is 0 Å². The van der Waals surface area contributed by atoms with E-state index in [1.807, 2.05) is 19.9 Å². The molecule has 2 aliphatic rings. The number of hydrogen-bond donors (Lipinski definition) is 3. The number of carbonyl (C=O) groups excluding carboxylic acids is 2. The quantitative estimate of drug-likeness (QED) is 0.756. The normalized spacial score (nSPS) is 27.6. The van der Waals surface area contributed by atoms with Gasteiger partial charge < -0.3 is 15.4 Å². The Morgan fingerprint density at radius 2 is 2.20 bits per heavy atom. The Labute approximate surface area is 146 Å². The first-order valence-electron chi connectivity index (χ1n) is 8.69. The van der Waals surface area contributed by atoms with Crippen LogP contribution < -0.4 is 10.6 Å². The Morgan fingerprint density at radius 1 is 1.40 bits per heavy atom. The second-order valence-electron chi connectivity index (χ2n) is 7.11. The van der Waals surface area contributed by atoms with E-state index in [1.54, 1.807) is 0 Å². The fraction of sp³-hybridized carbons (Fsp3) is 0.647. The number of H-pyrrole nitrogens is 1. The largest absolute Gasteiger partial charge is 0.446 e. The van der Waals surface area contributed by atoms with Crippen molar-refractivity contribution in [2.75, 3.05) is 5.32 Å². The molecule has 1 heterocycles. The molecule has 8 heteroatoms. The fourth-order valence-electron chi connectivity index (χ4n) is 3.21. The fourth-order valence-corrected chi connectivity index (χ4v) is 3.21. The van der Waals surface area contributed by atoms with Gasteiger partial charge in [0.05, 0.1) is 17.9 Å². The number of nitriles is 1. The molecule has 134 valence electrons. The lowest BCUT2D eigenvalue weighted by molar-refractivity contribution is -0.117. The van der Waals surface area contributed by atoms with Crippen LogP contribution in [0.5, 0.6) is 0 Å². The van der Waals surface area contributed by atoms with Gasteiger partial charge in [0, 0.05) is 23.7 Å². The summed E-state index contributed by atoms with van der Waals surface area (Å²) >= 11 is 0. The van der Waals surface area contributed by atoms with Gasteiger partial charge in [-0.05, 0) is 39.5 Å². The molecule has 0 radical (unpaired) electrons. The minimum atomic E-state index is -0.380. The highest BCUT2D eigenvalue weighted by atomic mass is 16.6. The summed E-state index contributed by atoms with van der Waals surface area (Å²) in [7, 11) is 0. The van der Waals surface area contributed by atoms with E-state index in [-0.39, 0.29) is 41.9 Å². The van der Waals surface area contributed by atoms with E-state index in [1.165, 1.54) is 0 Å². The average Bonchev–Trinajstić information content (AvgIpc) is 2.96. The Kier molecular flexibility index (Phi) is 4.93. The summed E-state index contributed by atoms with van der Waals surface area (Å²) in [5.74, 6) is 0.174. The molecule has 0 saturated heterocycles. The summed E-state index contributed by atoms with van der Waals surface area (Å²) < 4.78 is 5.42. The second kappa shape index (κ2) is 7.13. The molecule has 1 aromatic rings. The minimum absolute atomic E-state index is 0.0515. The molecule has 2 amide bonds. The zero-order valence-electron chi connectivity index (χ0n) is 14.4. The molecule has 2 aliphatic carbocycles. The molecule has 2 fully saturated rings. The molecule has 25 heavy (non-hydrogen) atoms. The second-order valence-corrected chi connectivity index (χ2v) is 7.11. The van der Waals surface area contributed by atoms with Gasteiger partial charge in [-0.15, -0.1) is 0 Å². The van der Waals surface area contributed by atoms with Crippen molar-refractivity contribution in [3.8, 4) is 6.07 Å². The van der Waals surface area contributed by atoms with Crippen molar-refractivity contribution in [1.29, 1.82) is 5.26 Å². The SMILES string of the molecule is CC(C)NC(=O)O[C@H]1CC[C@@H](c2cc(NC(=O)[C@H]3C[C@@H]3C#N)n[nH]2)C1. The van der Waals surface area contributed by atoms with Crippen molar-refractivity contribution in [2.45, 2.75) is 57.6 Å². The maximum absolute atomic E-state index is 12.0. The number of hydrogen-bond acceptors (Lipinski definition) is 5. The van der Waals surface area contributed by atoms with Crippen LogP contribution in [0.1, 0.15) is 51.1 Å². The maximum Gasteiger partial charge on any atom is 0.407 e. The van der Waals surface area contributed by atoms with E-state index in [0.717, 1.165) is 25.0 Å². The van der Waals surface area contributed by atoms with Crippen molar-refractivity contribution in [3.05, 3.63) is 11.8 Å². The molecule has 0 bridgehead atoms. The predicted octanol–water partition coefficient (Wildman–Crippen LogP) is 2.28. The zero-order valence-corrected chi connectivity index (χ0v) is 14.4. The lowest BCUT2D eigenvalue weighted by atomic mass is 10.0. The highest BCUT2D eigenvalue weighted by Gasteiger charge is 2.43. The van der Waals surface area contributed by atoms with Crippen LogP contribution in [0, 0.1) is 23.2 Å². The summed E-state index contributed by atoms with van der Waals surface area (Å²) in [6, 6.07) is 3.98. The summed E-state index contributed by atoms with van der Waals surface area (Å²) in [4.78, 5) is 23.6. The lowest BCUT2D eigenvalue weighted by Gasteiger charge is -2.14. The molecule has 8 nitrogen and oxygen atoms in total. The van der Waals surface area contributed by atoms with Crippen molar-refractivity contribution in [2.24, 2.45) is 11.8 Å². The molecule has 0 aromatic carbocycles. The van der Waals surface area contributed by atoms with Crippen LogP contribution in [0.2, 0.25) is 0 Å². The Morgan fingerprint density at radius 3 is 2.88 bits per heavy atom. The van der Waals surface area contributed by atoms with Gasteiger partial charge in [0.2, 0.25) is 5.91 Å². The standard InChI is InChI=1S/C17H23N5O3/c1-9(2)19-17(24)25-12-4-3-10(5-12)14-7-15(22-21-14)20-16(23)13-6-11(13)8-18/h7,9-13H,3-6H2,1-2H3,(H,19,24)(H2,20,21,22,23)/t10-,11-,12+,13+/m1/s1. The van der Waals surface area contributed by atoms with Crippen molar-refractivity contribution in [1.82, 2.24) is 15.5 Å². The Balaban J connectivity index is 1.49. The van der Waals surface area contributed by atoms with Crippen LogP contribution in [0.4, 0.5) is 10.6 Å². The van der Waals surface area contributed by atoms with Crippen LogP contribution in [0.3, 0.4) is 0 Å². The first-order chi connectivity index (χ1) is 12.0. The van der Waals surface area contributed by atoms with E-state index in [2.05, 4.69) is 26.9 Å². The average molecular weight is 345 g/mol. The van der Waals surface area contributed by atoms with E-state index in [0.29, 0.717) is 12.2 Å². The predicted molar refractivity (Wildman–Crippen MR) is 89.6 cm³/mol. The van der Waals surface area contributed by atoms with Crippen LogP contribution in [0.15, 0.2) is 6.07 Å². The third-order valence-corrected chi connectivity index (χ3v) is 4.65. The number of carbonyl (C=O) groups is 2. The summed E-state index contributed by atoms with van der Waals surface area (Å²) in [6.45, 7) is 3.78. The molecule has 0 unspecified atom stereocenters. The van der Waals surface area contributed by atoms with Gasteiger partial charge in [0.15, 0.2) is 5.82 Å². The van der Waals surface area contributed by atoms with Crippen molar-refractivity contribution >= 4 is 17.8 Å². The summed E-state index contributed by atoms with van der Waals surface area (Å²) in [5, 5.41) is 21.3. The molecular formula is C17H23N5O3. The Bertz CT molecular complexity index is 693. The van der Waals surface area contributed by atoms with Gasteiger partial charge in [-0.1, -0.05) is 0 Å². The number of nitrogens with one attached hydrogen (secondary N) is 3. The monoisotopic (exact) mass is 345 g/mol. The topological polar surface area (TPSA) is 120 Å². The third-order valence-electron chi connectivity index (χ3n) is 4.65. The Hall–Kier alpha value is -2.56. The van der Waals surface area contributed by atoms with Gasteiger partial charge in [-0.25, -0.2) is 4.79 Å². The van der Waals surface area contributed by atoms with Crippen LogP contribution >= 0.6 is 0 Å². The number of aromatic amines is 1. The number of nitrogens with zero attached hydrogens (tertiary/aromatic N) is 2. The minimum Gasteiger partial charge on any atom is -0.446 e. The number of aromatic nitrogens is 2. The molecule has 0 spiro atoms. The molecule has 3 N–H and O–H groups in total. The first kappa shape index (κ1) is 17.3. The molecule has 1 aromatic heterocycles. The highest BCUT2D eigenvalue weighted by molar-refractivity contribution is 5.94. The molecule has 0 aliphatic heterocycles. The summed E-state index contributed by atoms with van der Waals surface area (Å²) in [5.41, 5.74) is 0.929. The third kappa shape index (κ3) is 4.29. The van der Waals surface area contributed by atoms with Crippen molar-refractivity contribution < 1.29 is 14.3 Å². The number of ether oxygens (including phenoxy) is 1. The lowest BCUT2D eigenvalue weighted by Crippen LogP contribution is -2.33. The number of rotatable bonds is 5. The molecule has 4 atom stereocenters. The van der Waals surface area contributed by atoms with Gasteiger partial charge in [0.1, 0.15) is 6.10 Å². The van der Waals surface area contributed by atoms with Gasteiger partial charge in [-0.2, -0.15) is 10.4 Å². The smallest absolute Gasteiger partial charge is 0.407 e. The molecule has 2 saturated carbocycles. The molecule has 3 rings (SSSR count).